The summed E-state index contributed by atoms with van der Waals surface area (Å²) in [7, 11) is 0. The van der Waals surface area contributed by atoms with Gasteiger partial charge in [-0.15, -0.1) is 10.2 Å². The summed E-state index contributed by atoms with van der Waals surface area (Å²) in [5.74, 6) is 2.36. The summed E-state index contributed by atoms with van der Waals surface area (Å²) in [6.45, 7) is 4.38. The second kappa shape index (κ2) is 8.16. The lowest BCUT2D eigenvalue weighted by molar-refractivity contribution is -0.127. The molecule has 140 valence electrons. The minimum atomic E-state index is 0.194. The number of piperidine rings is 1. The molecule has 0 bridgehead atoms. The second-order valence-corrected chi connectivity index (χ2v) is 7.81. The van der Waals surface area contributed by atoms with E-state index in [-0.39, 0.29) is 5.91 Å². The van der Waals surface area contributed by atoms with Crippen LogP contribution in [0.15, 0.2) is 28.0 Å². The van der Waals surface area contributed by atoms with E-state index in [1.54, 1.807) is 6.26 Å². The number of rotatable bonds is 6. The van der Waals surface area contributed by atoms with Crippen molar-refractivity contribution in [2.75, 3.05) is 36.8 Å². The van der Waals surface area contributed by atoms with Crippen molar-refractivity contribution < 1.29 is 9.21 Å². The number of furan rings is 1. The molecule has 0 N–H and O–H groups in total. The van der Waals surface area contributed by atoms with Crippen LogP contribution in [0.2, 0.25) is 0 Å². The number of hydrogen-bond acceptors (Lipinski definition) is 6. The van der Waals surface area contributed by atoms with E-state index in [1.807, 2.05) is 17.0 Å². The van der Waals surface area contributed by atoms with Crippen LogP contribution < -0.4 is 4.90 Å². The molecule has 7 nitrogen and oxygen atoms in total. The highest BCUT2D eigenvalue weighted by Crippen LogP contribution is 2.26. The number of anilines is 1. The van der Waals surface area contributed by atoms with Crippen molar-refractivity contribution >= 4 is 23.6 Å². The van der Waals surface area contributed by atoms with Crippen molar-refractivity contribution in [1.82, 2.24) is 19.7 Å². The molecule has 4 heterocycles. The Hall–Kier alpha value is -1.96. The molecular weight excluding hydrogens is 350 g/mol. The smallest absolute Gasteiger partial charge is 0.233 e. The van der Waals surface area contributed by atoms with Crippen LogP contribution in [-0.2, 0) is 11.3 Å². The Kier molecular flexibility index (Phi) is 5.48. The molecule has 26 heavy (non-hydrogen) atoms. The molecule has 1 amide bonds. The zero-order valence-corrected chi connectivity index (χ0v) is 15.8. The standard InChI is InChI=1S/C18H25N5O2S/c24-16(21-8-4-5-9-21)14-26-18-20-19-17(22-10-2-1-3-11-22)23(18)13-15-7-6-12-25-15/h6-7,12H,1-5,8-11,13-14H2. The number of nitrogens with zero attached hydrogens (tertiary/aromatic N) is 5. The van der Waals surface area contributed by atoms with Crippen molar-refractivity contribution in [2.45, 2.75) is 43.8 Å². The maximum absolute atomic E-state index is 12.4. The van der Waals surface area contributed by atoms with Crippen molar-refractivity contribution in [2.24, 2.45) is 0 Å². The second-order valence-electron chi connectivity index (χ2n) is 6.87. The molecule has 0 unspecified atom stereocenters. The van der Waals surface area contributed by atoms with E-state index in [4.69, 9.17) is 4.42 Å². The Balaban J connectivity index is 1.50. The minimum Gasteiger partial charge on any atom is -0.467 e. The summed E-state index contributed by atoms with van der Waals surface area (Å²) in [5.41, 5.74) is 0. The highest BCUT2D eigenvalue weighted by atomic mass is 32.2. The van der Waals surface area contributed by atoms with E-state index in [2.05, 4.69) is 19.7 Å². The van der Waals surface area contributed by atoms with Crippen LogP contribution in [0.25, 0.3) is 0 Å². The first kappa shape index (κ1) is 17.5. The minimum absolute atomic E-state index is 0.194. The van der Waals surface area contributed by atoms with Crippen molar-refractivity contribution in [3.05, 3.63) is 24.2 Å². The Bertz CT molecular complexity index is 718. The van der Waals surface area contributed by atoms with Crippen LogP contribution >= 0.6 is 11.8 Å². The van der Waals surface area contributed by atoms with Crippen LogP contribution in [0.1, 0.15) is 37.9 Å². The van der Waals surface area contributed by atoms with Crippen LogP contribution in [0.3, 0.4) is 0 Å². The molecule has 0 aliphatic carbocycles. The highest BCUT2D eigenvalue weighted by molar-refractivity contribution is 7.99. The highest BCUT2D eigenvalue weighted by Gasteiger charge is 2.23. The van der Waals surface area contributed by atoms with E-state index >= 15 is 0 Å². The maximum atomic E-state index is 12.4. The number of aromatic nitrogens is 3. The summed E-state index contributed by atoms with van der Waals surface area (Å²) >= 11 is 1.48. The molecule has 2 aromatic rings. The van der Waals surface area contributed by atoms with Gasteiger partial charge in [-0.05, 0) is 44.2 Å². The van der Waals surface area contributed by atoms with Gasteiger partial charge in [-0.2, -0.15) is 0 Å². The summed E-state index contributed by atoms with van der Waals surface area (Å²) in [4.78, 5) is 16.6. The Morgan fingerprint density at radius 3 is 2.58 bits per heavy atom. The summed E-state index contributed by atoms with van der Waals surface area (Å²) < 4.78 is 7.62. The van der Waals surface area contributed by atoms with E-state index in [1.165, 1.54) is 31.0 Å². The van der Waals surface area contributed by atoms with Gasteiger partial charge in [0, 0.05) is 26.2 Å². The van der Waals surface area contributed by atoms with Gasteiger partial charge in [-0.1, -0.05) is 11.8 Å². The van der Waals surface area contributed by atoms with E-state index in [0.717, 1.165) is 55.9 Å². The van der Waals surface area contributed by atoms with Gasteiger partial charge in [-0.3, -0.25) is 9.36 Å². The van der Waals surface area contributed by atoms with E-state index < -0.39 is 0 Å². The normalized spacial score (nSPS) is 17.8. The van der Waals surface area contributed by atoms with Gasteiger partial charge in [0.15, 0.2) is 5.16 Å². The maximum Gasteiger partial charge on any atom is 0.233 e. The molecule has 4 rings (SSSR count). The Labute approximate surface area is 157 Å². The van der Waals surface area contributed by atoms with Crippen LogP contribution in [0.4, 0.5) is 5.95 Å². The third-order valence-corrected chi connectivity index (χ3v) is 5.97. The Morgan fingerprint density at radius 2 is 1.85 bits per heavy atom. The number of amides is 1. The third-order valence-electron chi connectivity index (χ3n) is 5.01. The van der Waals surface area contributed by atoms with Gasteiger partial charge < -0.3 is 14.2 Å². The lowest BCUT2D eigenvalue weighted by Crippen LogP contribution is -2.32. The largest absolute Gasteiger partial charge is 0.467 e. The monoisotopic (exact) mass is 375 g/mol. The van der Waals surface area contributed by atoms with Gasteiger partial charge in [-0.25, -0.2) is 0 Å². The molecule has 0 saturated carbocycles. The average Bonchev–Trinajstić information content (AvgIpc) is 3.43. The van der Waals surface area contributed by atoms with Gasteiger partial charge >= 0.3 is 0 Å². The first-order chi connectivity index (χ1) is 12.8. The molecule has 8 heteroatoms. The average molecular weight is 375 g/mol. The predicted molar refractivity (Wildman–Crippen MR) is 100 cm³/mol. The molecule has 0 atom stereocenters. The molecule has 0 aromatic carbocycles. The van der Waals surface area contributed by atoms with Gasteiger partial charge in [0.2, 0.25) is 11.9 Å². The number of hydrogen-bond donors (Lipinski definition) is 0. The zero-order chi connectivity index (χ0) is 17.8. The van der Waals surface area contributed by atoms with Crippen LogP contribution in [0, 0.1) is 0 Å². The molecule has 2 aliphatic rings. The van der Waals surface area contributed by atoms with Crippen LogP contribution in [-0.4, -0.2) is 57.5 Å². The number of carbonyl (C=O) groups is 1. The molecular formula is C18H25N5O2S. The van der Waals surface area contributed by atoms with Crippen molar-refractivity contribution in [1.29, 1.82) is 0 Å². The first-order valence-electron chi connectivity index (χ1n) is 9.42. The molecule has 2 fully saturated rings. The molecule has 2 aromatic heterocycles. The predicted octanol–water partition coefficient (Wildman–Crippen LogP) is 2.62. The number of thioether (sulfide) groups is 1. The summed E-state index contributed by atoms with van der Waals surface area (Å²) in [6, 6.07) is 3.85. The molecule has 2 saturated heterocycles. The summed E-state index contributed by atoms with van der Waals surface area (Å²) in [5, 5.41) is 9.63. The fourth-order valence-electron chi connectivity index (χ4n) is 3.60. The number of likely N-dealkylation sites (tertiary alicyclic amines) is 1. The lowest BCUT2D eigenvalue weighted by Gasteiger charge is -2.27. The molecule has 0 spiro atoms. The van der Waals surface area contributed by atoms with E-state index in [9.17, 15) is 4.79 Å². The van der Waals surface area contributed by atoms with Crippen molar-refractivity contribution in [3.8, 4) is 0 Å². The quantitative estimate of drug-likeness (QED) is 0.723. The Morgan fingerprint density at radius 1 is 1.08 bits per heavy atom. The van der Waals surface area contributed by atoms with Gasteiger partial charge in [0.05, 0.1) is 18.6 Å². The summed E-state index contributed by atoms with van der Waals surface area (Å²) in [6.07, 6.45) is 7.56. The fraction of sp³-hybridized carbons (Fsp3) is 0.611. The SMILES string of the molecule is O=C(CSc1nnc(N2CCCCC2)n1Cc1ccco1)N1CCCC1. The van der Waals surface area contributed by atoms with E-state index in [0.29, 0.717) is 12.3 Å². The number of carbonyl (C=O) groups excluding carboxylic acids is 1. The first-order valence-corrected chi connectivity index (χ1v) is 10.4. The van der Waals surface area contributed by atoms with Crippen molar-refractivity contribution in [3.63, 3.8) is 0 Å². The van der Waals surface area contributed by atoms with Gasteiger partial charge in [0.1, 0.15) is 5.76 Å². The molecule has 2 aliphatic heterocycles. The zero-order valence-electron chi connectivity index (χ0n) is 15.0. The van der Waals surface area contributed by atoms with Crippen LogP contribution in [0.5, 0.6) is 0 Å². The third kappa shape index (κ3) is 3.90. The fourth-order valence-corrected chi connectivity index (χ4v) is 4.43. The topological polar surface area (TPSA) is 67.4 Å². The molecule has 0 radical (unpaired) electrons. The lowest BCUT2D eigenvalue weighted by atomic mass is 10.1. The van der Waals surface area contributed by atoms with Gasteiger partial charge in [0.25, 0.3) is 0 Å².